The third kappa shape index (κ3) is 2.75. The van der Waals surface area contributed by atoms with E-state index in [4.69, 9.17) is 5.73 Å². The Balaban J connectivity index is 3.10. The molecule has 1 rings (SSSR count). The normalized spacial score (nSPS) is 11.9. The molecule has 82 valence electrons. The summed E-state index contributed by atoms with van der Waals surface area (Å²) >= 11 is 2.95. The van der Waals surface area contributed by atoms with Gasteiger partial charge in [0, 0.05) is 12.1 Å². The number of benzene rings is 1. The number of rotatable bonds is 3. The molecule has 0 spiro atoms. The quantitative estimate of drug-likeness (QED) is 0.515. The molecule has 0 aliphatic rings. The van der Waals surface area contributed by atoms with E-state index < -0.39 is 11.6 Å². The lowest BCUT2D eigenvalue weighted by molar-refractivity contribution is 0.504. The van der Waals surface area contributed by atoms with Crippen molar-refractivity contribution in [3.8, 4) is 0 Å². The van der Waals surface area contributed by atoms with Gasteiger partial charge < -0.3 is 5.73 Å². The summed E-state index contributed by atoms with van der Waals surface area (Å²) in [6.45, 7) is 2.52. The van der Waals surface area contributed by atoms with Gasteiger partial charge in [0.2, 0.25) is 0 Å². The molecule has 0 heterocycles. The van der Waals surface area contributed by atoms with Crippen LogP contribution in [-0.2, 0) is 0 Å². The number of nitrogens with two attached hydrogens (primary N) is 1. The van der Waals surface area contributed by atoms with E-state index in [1.807, 2.05) is 6.92 Å². The Hall–Kier alpha value is -0.970. The van der Waals surface area contributed by atoms with Crippen LogP contribution >= 0.6 is 15.9 Å². The van der Waals surface area contributed by atoms with Crippen LogP contribution in [0.1, 0.15) is 18.9 Å². The first-order chi connectivity index (χ1) is 7.07. The summed E-state index contributed by atoms with van der Waals surface area (Å²) in [4.78, 5) is 4.02. The van der Waals surface area contributed by atoms with Crippen molar-refractivity contribution < 1.29 is 8.78 Å². The van der Waals surface area contributed by atoms with Crippen LogP contribution in [0.5, 0.6) is 0 Å². The van der Waals surface area contributed by atoms with Crippen LogP contribution in [-0.4, -0.2) is 12.4 Å². The number of hydrogen-bond acceptors (Lipinski definition) is 1. The molecule has 0 amide bonds. The third-order valence-electron chi connectivity index (χ3n) is 1.82. The molecule has 0 unspecified atom stereocenters. The van der Waals surface area contributed by atoms with Crippen molar-refractivity contribution in [1.82, 2.24) is 0 Å². The summed E-state index contributed by atoms with van der Waals surface area (Å²) in [5.74, 6) is -1.64. The summed E-state index contributed by atoms with van der Waals surface area (Å²) in [5.41, 5.74) is 6.01. The van der Waals surface area contributed by atoms with Crippen molar-refractivity contribution in [3.05, 3.63) is 33.8 Å². The standard InChI is InChI=1S/C10H11BrF2N2/c1-2-5-15-10(14)6-3-4-7(12)9(13)8(6)11/h3-4H,2,5H2,1H3,(H2,14,15). The minimum absolute atomic E-state index is 0.0138. The predicted molar refractivity (Wildman–Crippen MR) is 59.9 cm³/mol. The van der Waals surface area contributed by atoms with Gasteiger partial charge in [-0.15, -0.1) is 0 Å². The molecule has 0 bridgehead atoms. The van der Waals surface area contributed by atoms with Gasteiger partial charge in [-0.25, -0.2) is 8.78 Å². The number of hydrogen-bond donors (Lipinski definition) is 1. The van der Waals surface area contributed by atoms with Crippen LogP contribution in [0.15, 0.2) is 21.6 Å². The molecular weight excluding hydrogens is 266 g/mol. The molecule has 0 atom stereocenters. The smallest absolute Gasteiger partial charge is 0.173 e. The molecule has 1 aromatic rings. The van der Waals surface area contributed by atoms with Crippen LogP contribution in [0.4, 0.5) is 8.78 Å². The molecule has 0 fully saturated rings. The highest BCUT2D eigenvalue weighted by atomic mass is 79.9. The summed E-state index contributed by atoms with van der Waals surface area (Å²) in [7, 11) is 0. The minimum Gasteiger partial charge on any atom is -0.383 e. The Morgan fingerprint density at radius 1 is 1.47 bits per heavy atom. The zero-order chi connectivity index (χ0) is 11.4. The topological polar surface area (TPSA) is 38.4 Å². The molecule has 2 N–H and O–H groups in total. The second-order valence-electron chi connectivity index (χ2n) is 2.99. The van der Waals surface area contributed by atoms with Gasteiger partial charge in [-0.05, 0) is 34.5 Å². The maximum atomic E-state index is 13.1. The molecular formula is C10H11BrF2N2. The fourth-order valence-electron chi connectivity index (χ4n) is 1.04. The summed E-state index contributed by atoms with van der Waals surface area (Å²) in [6.07, 6.45) is 0.849. The molecule has 5 heteroatoms. The van der Waals surface area contributed by atoms with E-state index in [0.717, 1.165) is 12.5 Å². The molecule has 0 aliphatic heterocycles. The average Bonchev–Trinajstić information content (AvgIpc) is 2.23. The van der Waals surface area contributed by atoms with Gasteiger partial charge in [-0.2, -0.15) is 0 Å². The van der Waals surface area contributed by atoms with Gasteiger partial charge in [0.1, 0.15) is 5.84 Å². The fraction of sp³-hybridized carbons (Fsp3) is 0.300. The summed E-state index contributed by atoms with van der Waals surface area (Å²) in [6, 6.07) is 2.43. The van der Waals surface area contributed by atoms with E-state index in [1.54, 1.807) is 0 Å². The molecule has 0 aliphatic carbocycles. The van der Waals surface area contributed by atoms with E-state index in [9.17, 15) is 8.78 Å². The second-order valence-corrected chi connectivity index (χ2v) is 3.78. The maximum Gasteiger partial charge on any atom is 0.173 e. The second kappa shape index (κ2) is 5.21. The van der Waals surface area contributed by atoms with Crippen LogP contribution < -0.4 is 5.73 Å². The largest absolute Gasteiger partial charge is 0.383 e. The molecule has 15 heavy (non-hydrogen) atoms. The predicted octanol–water partition coefficient (Wildman–Crippen LogP) is 2.84. The maximum absolute atomic E-state index is 13.1. The number of amidine groups is 1. The number of nitrogens with zero attached hydrogens (tertiary/aromatic N) is 1. The zero-order valence-electron chi connectivity index (χ0n) is 8.23. The first-order valence-electron chi connectivity index (χ1n) is 4.51. The Labute approximate surface area is 95.3 Å². The van der Waals surface area contributed by atoms with Crippen LogP contribution in [0.3, 0.4) is 0 Å². The summed E-state index contributed by atoms with van der Waals surface area (Å²) < 4.78 is 25.9. The van der Waals surface area contributed by atoms with Gasteiger partial charge in [0.05, 0.1) is 4.47 Å². The lowest BCUT2D eigenvalue weighted by atomic mass is 10.2. The van der Waals surface area contributed by atoms with Crippen molar-refractivity contribution in [2.45, 2.75) is 13.3 Å². The van der Waals surface area contributed by atoms with Crippen molar-refractivity contribution in [2.24, 2.45) is 10.7 Å². The first kappa shape index (κ1) is 12.1. The van der Waals surface area contributed by atoms with E-state index in [2.05, 4.69) is 20.9 Å². The Morgan fingerprint density at radius 2 is 2.13 bits per heavy atom. The van der Waals surface area contributed by atoms with Gasteiger partial charge in [0.15, 0.2) is 11.6 Å². The Bertz CT molecular complexity index is 391. The van der Waals surface area contributed by atoms with E-state index in [-0.39, 0.29) is 10.3 Å². The van der Waals surface area contributed by atoms with Gasteiger partial charge in [0.25, 0.3) is 0 Å². The summed E-state index contributed by atoms with van der Waals surface area (Å²) in [5, 5.41) is 0. The highest BCUT2D eigenvalue weighted by Crippen LogP contribution is 2.22. The zero-order valence-corrected chi connectivity index (χ0v) is 9.81. The molecule has 0 saturated heterocycles. The Morgan fingerprint density at radius 3 is 2.73 bits per heavy atom. The highest BCUT2D eigenvalue weighted by Gasteiger charge is 2.12. The van der Waals surface area contributed by atoms with Crippen molar-refractivity contribution >= 4 is 21.8 Å². The SMILES string of the molecule is CCCN=C(N)c1ccc(F)c(F)c1Br. The Kier molecular flexibility index (Phi) is 4.20. The lowest BCUT2D eigenvalue weighted by Crippen LogP contribution is -2.15. The lowest BCUT2D eigenvalue weighted by Gasteiger charge is -2.05. The van der Waals surface area contributed by atoms with Gasteiger partial charge in [-0.1, -0.05) is 6.92 Å². The van der Waals surface area contributed by atoms with E-state index >= 15 is 0 Å². The van der Waals surface area contributed by atoms with Crippen LogP contribution in [0.25, 0.3) is 0 Å². The third-order valence-corrected chi connectivity index (χ3v) is 2.59. The molecule has 0 aromatic heterocycles. The van der Waals surface area contributed by atoms with E-state index in [1.165, 1.54) is 6.07 Å². The number of halogens is 3. The minimum atomic E-state index is -0.942. The fourth-order valence-corrected chi connectivity index (χ4v) is 1.57. The molecule has 0 saturated carbocycles. The monoisotopic (exact) mass is 276 g/mol. The molecule has 2 nitrogen and oxygen atoms in total. The first-order valence-corrected chi connectivity index (χ1v) is 5.31. The average molecular weight is 277 g/mol. The van der Waals surface area contributed by atoms with Crippen molar-refractivity contribution in [3.63, 3.8) is 0 Å². The van der Waals surface area contributed by atoms with Crippen molar-refractivity contribution in [1.29, 1.82) is 0 Å². The van der Waals surface area contributed by atoms with E-state index in [0.29, 0.717) is 12.1 Å². The van der Waals surface area contributed by atoms with Gasteiger partial charge in [-0.3, -0.25) is 4.99 Å². The molecule has 0 radical (unpaired) electrons. The van der Waals surface area contributed by atoms with Crippen LogP contribution in [0, 0.1) is 11.6 Å². The molecule has 1 aromatic carbocycles. The van der Waals surface area contributed by atoms with Gasteiger partial charge >= 0.3 is 0 Å². The number of aliphatic imine (C=N–C) groups is 1. The van der Waals surface area contributed by atoms with Crippen LogP contribution in [0.2, 0.25) is 0 Å². The van der Waals surface area contributed by atoms with Crippen molar-refractivity contribution in [2.75, 3.05) is 6.54 Å². The highest BCUT2D eigenvalue weighted by molar-refractivity contribution is 9.10.